The van der Waals surface area contributed by atoms with E-state index in [1.165, 1.54) is 19.8 Å². The summed E-state index contributed by atoms with van der Waals surface area (Å²) in [7, 11) is 0. The first-order valence-corrected chi connectivity index (χ1v) is 10.3. The quantitative estimate of drug-likeness (QED) is 0.550. The van der Waals surface area contributed by atoms with Gasteiger partial charge in [0.25, 0.3) is 0 Å². The van der Waals surface area contributed by atoms with Gasteiger partial charge in [0.1, 0.15) is 17.2 Å². The fourth-order valence-electron chi connectivity index (χ4n) is 3.88. The zero-order valence-corrected chi connectivity index (χ0v) is 17.0. The van der Waals surface area contributed by atoms with E-state index in [-0.39, 0.29) is 11.9 Å². The third kappa shape index (κ3) is 4.89. The minimum absolute atomic E-state index is 0.0159. The molecule has 0 aromatic heterocycles. The molecule has 4 nitrogen and oxygen atoms in total. The van der Waals surface area contributed by atoms with Crippen molar-refractivity contribution in [3.8, 4) is 17.2 Å². The molecular weight excluding hydrogens is 362 g/mol. The Kier molecular flexibility index (Phi) is 5.70. The molecule has 1 unspecified atom stereocenters. The van der Waals surface area contributed by atoms with Crippen LogP contribution >= 0.6 is 0 Å². The highest BCUT2D eigenvalue weighted by Crippen LogP contribution is 2.30. The van der Waals surface area contributed by atoms with Gasteiger partial charge in [-0.25, -0.2) is 0 Å². The minimum atomic E-state index is -0.0268. The molecule has 0 bridgehead atoms. The Hall–Kier alpha value is -3.01. The van der Waals surface area contributed by atoms with Crippen LogP contribution in [-0.4, -0.2) is 12.0 Å². The van der Waals surface area contributed by atoms with Gasteiger partial charge in [0.05, 0.1) is 12.1 Å². The van der Waals surface area contributed by atoms with Gasteiger partial charge < -0.3 is 14.8 Å². The van der Waals surface area contributed by atoms with E-state index in [2.05, 4.69) is 17.4 Å². The van der Waals surface area contributed by atoms with Crippen LogP contribution in [0.2, 0.25) is 0 Å². The van der Waals surface area contributed by atoms with Crippen molar-refractivity contribution in [1.29, 1.82) is 0 Å². The van der Waals surface area contributed by atoms with Gasteiger partial charge in [0, 0.05) is 6.92 Å². The molecule has 0 radical (unpaired) electrons. The SMILES string of the molecule is CC(=O)NC(C)c1ccc2cc(Oc3ccc(OC4CCCC4)cc3)ccc2c1. The zero-order valence-electron chi connectivity index (χ0n) is 17.0. The third-order valence-electron chi connectivity index (χ3n) is 5.42. The summed E-state index contributed by atoms with van der Waals surface area (Å²) in [6.45, 7) is 3.52. The lowest BCUT2D eigenvalue weighted by molar-refractivity contribution is -0.119. The van der Waals surface area contributed by atoms with Gasteiger partial charge in [-0.05, 0) is 91.4 Å². The summed E-state index contributed by atoms with van der Waals surface area (Å²) >= 11 is 0. The van der Waals surface area contributed by atoms with Crippen molar-refractivity contribution >= 4 is 16.7 Å². The number of benzene rings is 3. The van der Waals surface area contributed by atoms with Crippen molar-refractivity contribution in [2.24, 2.45) is 0 Å². The number of nitrogens with one attached hydrogen (secondary N) is 1. The molecule has 4 rings (SSSR count). The van der Waals surface area contributed by atoms with Gasteiger partial charge in [0.2, 0.25) is 5.91 Å². The Morgan fingerprint density at radius 1 is 0.897 bits per heavy atom. The van der Waals surface area contributed by atoms with Crippen molar-refractivity contribution in [3.63, 3.8) is 0 Å². The van der Waals surface area contributed by atoms with Crippen LogP contribution in [0, 0.1) is 0 Å². The summed E-state index contributed by atoms with van der Waals surface area (Å²) in [5.41, 5.74) is 1.08. The predicted octanol–water partition coefficient (Wildman–Crippen LogP) is 6.15. The van der Waals surface area contributed by atoms with Gasteiger partial charge in [-0.15, -0.1) is 0 Å². The van der Waals surface area contributed by atoms with E-state index in [9.17, 15) is 4.79 Å². The van der Waals surface area contributed by atoms with Crippen LogP contribution in [0.5, 0.6) is 17.2 Å². The lowest BCUT2D eigenvalue weighted by atomic mass is 10.0. The summed E-state index contributed by atoms with van der Waals surface area (Å²) < 4.78 is 12.0. The molecule has 1 fully saturated rings. The Morgan fingerprint density at radius 2 is 1.52 bits per heavy atom. The molecule has 0 spiro atoms. The van der Waals surface area contributed by atoms with E-state index < -0.39 is 0 Å². The minimum Gasteiger partial charge on any atom is -0.490 e. The smallest absolute Gasteiger partial charge is 0.217 e. The van der Waals surface area contributed by atoms with Gasteiger partial charge in [-0.1, -0.05) is 18.2 Å². The molecule has 1 aliphatic rings. The Balaban J connectivity index is 1.44. The number of hydrogen-bond donors (Lipinski definition) is 1. The van der Waals surface area contributed by atoms with E-state index in [1.807, 2.05) is 55.5 Å². The van der Waals surface area contributed by atoms with Crippen LogP contribution in [0.1, 0.15) is 51.1 Å². The fraction of sp³-hybridized carbons (Fsp3) is 0.320. The average Bonchev–Trinajstić information content (AvgIpc) is 3.21. The van der Waals surface area contributed by atoms with Crippen molar-refractivity contribution in [1.82, 2.24) is 5.32 Å². The molecule has 1 aliphatic carbocycles. The van der Waals surface area contributed by atoms with Crippen LogP contribution < -0.4 is 14.8 Å². The van der Waals surface area contributed by atoms with Crippen LogP contribution in [0.25, 0.3) is 10.8 Å². The second-order valence-electron chi connectivity index (χ2n) is 7.79. The highest BCUT2D eigenvalue weighted by molar-refractivity contribution is 5.85. The Labute approximate surface area is 171 Å². The topological polar surface area (TPSA) is 47.6 Å². The van der Waals surface area contributed by atoms with Gasteiger partial charge in [0.15, 0.2) is 0 Å². The molecular formula is C25H27NO3. The summed E-state index contributed by atoms with van der Waals surface area (Å²) in [5, 5.41) is 5.14. The molecule has 1 amide bonds. The van der Waals surface area contributed by atoms with Gasteiger partial charge >= 0.3 is 0 Å². The maximum atomic E-state index is 11.3. The molecule has 29 heavy (non-hydrogen) atoms. The number of ether oxygens (including phenoxy) is 2. The van der Waals surface area contributed by atoms with E-state index >= 15 is 0 Å². The maximum Gasteiger partial charge on any atom is 0.217 e. The molecule has 150 valence electrons. The monoisotopic (exact) mass is 389 g/mol. The first-order chi connectivity index (χ1) is 14.1. The molecule has 4 heteroatoms. The molecule has 3 aromatic carbocycles. The largest absolute Gasteiger partial charge is 0.490 e. The second kappa shape index (κ2) is 8.56. The summed E-state index contributed by atoms with van der Waals surface area (Å²) in [5.74, 6) is 2.47. The molecule has 1 atom stereocenters. The van der Waals surface area contributed by atoms with Crippen molar-refractivity contribution in [2.75, 3.05) is 0 Å². The fourth-order valence-corrected chi connectivity index (χ4v) is 3.88. The number of carbonyl (C=O) groups excluding carboxylic acids is 1. The number of carbonyl (C=O) groups is 1. The number of amides is 1. The first kappa shape index (κ1) is 19.3. The number of fused-ring (bicyclic) bond motifs is 1. The molecule has 1 saturated carbocycles. The van der Waals surface area contributed by atoms with Crippen LogP contribution in [0.4, 0.5) is 0 Å². The van der Waals surface area contributed by atoms with E-state index in [4.69, 9.17) is 9.47 Å². The van der Waals surface area contributed by atoms with Crippen LogP contribution in [-0.2, 0) is 4.79 Å². The van der Waals surface area contributed by atoms with E-state index in [0.717, 1.165) is 46.4 Å². The first-order valence-electron chi connectivity index (χ1n) is 10.3. The molecule has 0 heterocycles. The van der Waals surface area contributed by atoms with Crippen molar-refractivity contribution < 1.29 is 14.3 Å². The van der Waals surface area contributed by atoms with E-state index in [1.54, 1.807) is 0 Å². The molecule has 0 aliphatic heterocycles. The summed E-state index contributed by atoms with van der Waals surface area (Å²) in [4.78, 5) is 11.3. The molecule has 0 saturated heterocycles. The predicted molar refractivity (Wildman–Crippen MR) is 116 cm³/mol. The highest BCUT2D eigenvalue weighted by Gasteiger charge is 2.16. The third-order valence-corrected chi connectivity index (χ3v) is 5.42. The Morgan fingerprint density at radius 3 is 2.24 bits per heavy atom. The van der Waals surface area contributed by atoms with Crippen molar-refractivity contribution in [3.05, 3.63) is 66.2 Å². The summed E-state index contributed by atoms with van der Waals surface area (Å²) in [6, 6.07) is 20.1. The zero-order chi connectivity index (χ0) is 20.2. The van der Waals surface area contributed by atoms with E-state index in [0.29, 0.717) is 6.10 Å². The molecule has 3 aromatic rings. The van der Waals surface area contributed by atoms with Crippen molar-refractivity contribution in [2.45, 2.75) is 51.7 Å². The molecule has 1 N–H and O–H groups in total. The van der Waals surface area contributed by atoms with Gasteiger partial charge in [-0.3, -0.25) is 4.79 Å². The highest BCUT2D eigenvalue weighted by atomic mass is 16.5. The maximum absolute atomic E-state index is 11.3. The number of hydrogen-bond acceptors (Lipinski definition) is 3. The lowest BCUT2D eigenvalue weighted by Crippen LogP contribution is -2.23. The number of rotatable bonds is 6. The standard InChI is InChI=1S/C25H27NO3/c1-17(26-18(2)27)19-7-8-21-16-25(10-9-20(21)15-19)29-24-13-11-23(12-14-24)28-22-5-3-4-6-22/h7-17,22H,3-6H2,1-2H3,(H,26,27). The lowest BCUT2D eigenvalue weighted by Gasteiger charge is -2.14. The summed E-state index contributed by atoms with van der Waals surface area (Å²) in [6.07, 6.45) is 5.20. The Bertz CT molecular complexity index is 991. The van der Waals surface area contributed by atoms with Crippen LogP contribution in [0.3, 0.4) is 0 Å². The second-order valence-corrected chi connectivity index (χ2v) is 7.79. The van der Waals surface area contributed by atoms with Crippen LogP contribution in [0.15, 0.2) is 60.7 Å². The normalized spacial score (nSPS) is 15.2. The van der Waals surface area contributed by atoms with Gasteiger partial charge in [-0.2, -0.15) is 0 Å². The average molecular weight is 389 g/mol.